The van der Waals surface area contributed by atoms with Gasteiger partial charge in [0.1, 0.15) is 0 Å². The minimum absolute atomic E-state index is 0.0862. The standard InChI is InChI=1S/C8H15NO4S/c1-6(2)14(12,13)9-4-8(3,5-9)7(10)11/h6H,4-5H2,1-3H3,(H,10,11). The van der Waals surface area contributed by atoms with E-state index in [1.165, 1.54) is 4.31 Å². The summed E-state index contributed by atoms with van der Waals surface area (Å²) in [6, 6.07) is 0. The first-order valence-corrected chi connectivity index (χ1v) is 5.93. The summed E-state index contributed by atoms with van der Waals surface area (Å²) < 4.78 is 24.3. The summed E-state index contributed by atoms with van der Waals surface area (Å²) >= 11 is 0. The van der Waals surface area contributed by atoms with Crippen LogP contribution in [0.2, 0.25) is 0 Å². The fourth-order valence-electron chi connectivity index (χ4n) is 1.35. The van der Waals surface area contributed by atoms with E-state index in [1.807, 2.05) is 0 Å². The Balaban J connectivity index is 2.71. The maximum atomic E-state index is 11.6. The van der Waals surface area contributed by atoms with Crippen LogP contribution in [0.3, 0.4) is 0 Å². The smallest absolute Gasteiger partial charge is 0.312 e. The van der Waals surface area contributed by atoms with Crippen LogP contribution in [0.5, 0.6) is 0 Å². The highest BCUT2D eigenvalue weighted by Gasteiger charge is 2.50. The van der Waals surface area contributed by atoms with Crippen LogP contribution in [0.1, 0.15) is 20.8 Å². The van der Waals surface area contributed by atoms with Crippen molar-refractivity contribution >= 4 is 16.0 Å². The van der Waals surface area contributed by atoms with E-state index in [4.69, 9.17) is 5.11 Å². The van der Waals surface area contributed by atoms with Crippen molar-refractivity contribution in [1.82, 2.24) is 4.31 Å². The summed E-state index contributed by atoms with van der Waals surface area (Å²) in [6.45, 7) is 4.91. The number of sulfonamides is 1. The van der Waals surface area contributed by atoms with Crippen molar-refractivity contribution in [3.05, 3.63) is 0 Å². The predicted molar refractivity (Wildman–Crippen MR) is 51.4 cm³/mol. The lowest BCUT2D eigenvalue weighted by Gasteiger charge is -2.44. The maximum Gasteiger partial charge on any atom is 0.312 e. The minimum atomic E-state index is -3.27. The number of nitrogens with zero attached hydrogens (tertiary/aromatic N) is 1. The Morgan fingerprint density at radius 1 is 1.43 bits per heavy atom. The molecule has 0 saturated carbocycles. The summed E-state index contributed by atoms with van der Waals surface area (Å²) in [5, 5.41) is 8.31. The fourth-order valence-corrected chi connectivity index (χ4v) is 2.87. The second-order valence-electron chi connectivity index (χ2n) is 4.23. The molecule has 1 rings (SSSR count). The van der Waals surface area contributed by atoms with Crippen molar-refractivity contribution in [1.29, 1.82) is 0 Å². The number of hydrogen-bond acceptors (Lipinski definition) is 3. The van der Waals surface area contributed by atoms with Gasteiger partial charge >= 0.3 is 5.97 Å². The normalized spacial score (nSPS) is 22.0. The second kappa shape index (κ2) is 3.20. The van der Waals surface area contributed by atoms with E-state index in [9.17, 15) is 13.2 Å². The van der Waals surface area contributed by atoms with Gasteiger partial charge in [0, 0.05) is 13.1 Å². The van der Waals surface area contributed by atoms with Gasteiger partial charge in [-0.05, 0) is 20.8 Å². The van der Waals surface area contributed by atoms with Crippen molar-refractivity contribution in [2.75, 3.05) is 13.1 Å². The lowest BCUT2D eigenvalue weighted by Crippen LogP contribution is -2.61. The Morgan fingerprint density at radius 2 is 1.86 bits per heavy atom. The molecule has 1 fully saturated rings. The Hall–Kier alpha value is -0.620. The average molecular weight is 221 g/mol. The van der Waals surface area contributed by atoms with E-state index in [0.717, 1.165) is 0 Å². The lowest BCUT2D eigenvalue weighted by molar-refractivity contribution is -0.154. The van der Waals surface area contributed by atoms with Crippen LogP contribution in [-0.2, 0) is 14.8 Å². The van der Waals surface area contributed by atoms with Gasteiger partial charge in [0.05, 0.1) is 10.7 Å². The van der Waals surface area contributed by atoms with E-state index in [-0.39, 0.29) is 13.1 Å². The molecule has 0 atom stereocenters. The Bertz CT molecular complexity index is 340. The van der Waals surface area contributed by atoms with Crippen LogP contribution < -0.4 is 0 Å². The molecule has 0 unspecified atom stereocenters. The molecule has 1 saturated heterocycles. The Labute approximate surface area is 83.8 Å². The molecule has 1 aliphatic heterocycles. The van der Waals surface area contributed by atoms with Crippen LogP contribution >= 0.6 is 0 Å². The zero-order valence-corrected chi connectivity index (χ0v) is 9.34. The minimum Gasteiger partial charge on any atom is -0.481 e. The summed E-state index contributed by atoms with van der Waals surface area (Å²) in [6.07, 6.45) is 0. The summed E-state index contributed by atoms with van der Waals surface area (Å²) in [5.74, 6) is -0.937. The van der Waals surface area contributed by atoms with Crippen LogP contribution in [-0.4, -0.2) is 42.1 Å². The van der Waals surface area contributed by atoms with Gasteiger partial charge in [0.25, 0.3) is 0 Å². The molecule has 1 heterocycles. The van der Waals surface area contributed by atoms with Gasteiger partial charge in [-0.2, -0.15) is 4.31 Å². The molecule has 0 spiro atoms. The molecule has 0 aromatic heterocycles. The quantitative estimate of drug-likeness (QED) is 0.735. The number of hydrogen-bond donors (Lipinski definition) is 1. The van der Waals surface area contributed by atoms with Crippen molar-refractivity contribution in [2.24, 2.45) is 5.41 Å². The zero-order chi connectivity index (χ0) is 11.1. The van der Waals surface area contributed by atoms with Gasteiger partial charge in [-0.15, -0.1) is 0 Å². The molecule has 6 heteroatoms. The third-order valence-electron chi connectivity index (χ3n) is 2.52. The fraction of sp³-hybridized carbons (Fsp3) is 0.875. The Kier molecular flexibility index (Phi) is 2.62. The molecule has 0 aliphatic carbocycles. The monoisotopic (exact) mass is 221 g/mol. The molecule has 0 amide bonds. The predicted octanol–water partition coefficient (Wildman–Crippen LogP) is 0.131. The van der Waals surface area contributed by atoms with Crippen molar-refractivity contribution < 1.29 is 18.3 Å². The topological polar surface area (TPSA) is 74.7 Å². The number of carboxylic acid groups (broad SMARTS) is 1. The molecule has 14 heavy (non-hydrogen) atoms. The van der Waals surface area contributed by atoms with Gasteiger partial charge in [-0.1, -0.05) is 0 Å². The third-order valence-corrected chi connectivity index (χ3v) is 4.69. The second-order valence-corrected chi connectivity index (χ2v) is 6.72. The highest BCUT2D eigenvalue weighted by Crippen LogP contribution is 2.33. The average Bonchev–Trinajstić information content (AvgIpc) is 1.97. The first kappa shape index (κ1) is 11.5. The summed E-state index contributed by atoms with van der Waals surface area (Å²) in [5.41, 5.74) is -0.901. The van der Waals surface area contributed by atoms with Gasteiger partial charge in [-0.3, -0.25) is 4.79 Å². The van der Waals surface area contributed by atoms with Crippen LogP contribution in [0.15, 0.2) is 0 Å². The van der Waals surface area contributed by atoms with Crippen LogP contribution in [0.4, 0.5) is 0 Å². The molecular weight excluding hydrogens is 206 g/mol. The highest BCUT2D eigenvalue weighted by molar-refractivity contribution is 7.89. The van der Waals surface area contributed by atoms with E-state index < -0.39 is 26.7 Å². The first-order chi connectivity index (χ1) is 6.20. The molecule has 82 valence electrons. The number of rotatable bonds is 3. The zero-order valence-electron chi connectivity index (χ0n) is 8.52. The summed E-state index contributed by atoms with van der Waals surface area (Å²) in [7, 11) is -3.27. The maximum absolute atomic E-state index is 11.6. The largest absolute Gasteiger partial charge is 0.481 e. The van der Waals surface area contributed by atoms with E-state index in [1.54, 1.807) is 20.8 Å². The van der Waals surface area contributed by atoms with E-state index in [0.29, 0.717) is 0 Å². The van der Waals surface area contributed by atoms with Gasteiger partial charge in [0.15, 0.2) is 0 Å². The Morgan fingerprint density at radius 3 is 2.14 bits per heavy atom. The molecular formula is C8H15NO4S. The lowest BCUT2D eigenvalue weighted by atomic mass is 9.84. The van der Waals surface area contributed by atoms with Gasteiger partial charge in [-0.25, -0.2) is 8.42 Å². The van der Waals surface area contributed by atoms with Gasteiger partial charge in [0.2, 0.25) is 10.0 Å². The number of carboxylic acids is 1. The molecule has 5 nitrogen and oxygen atoms in total. The molecule has 1 aliphatic rings. The van der Waals surface area contributed by atoms with E-state index in [2.05, 4.69) is 0 Å². The molecule has 0 bridgehead atoms. The summed E-state index contributed by atoms with van der Waals surface area (Å²) in [4.78, 5) is 10.7. The van der Waals surface area contributed by atoms with Crippen LogP contribution in [0, 0.1) is 5.41 Å². The first-order valence-electron chi connectivity index (χ1n) is 4.42. The van der Waals surface area contributed by atoms with Gasteiger partial charge < -0.3 is 5.11 Å². The van der Waals surface area contributed by atoms with Crippen molar-refractivity contribution in [3.63, 3.8) is 0 Å². The van der Waals surface area contributed by atoms with Crippen molar-refractivity contribution in [2.45, 2.75) is 26.0 Å². The highest BCUT2D eigenvalue weighted by atomic mass is 32.2. The third kappa shape index (κ3) is 1.64. The molecule has 0 aromatic carbocycles. The molecule has 0 radical (unpaired) electrons. The van der Waals surface area contributed by atoms with E-state index >= 15 is 0 Å². The number of aliphatic carboxylic acids is 1. The molecule has 0 aromatic rings. The van der Waals surface area contributed by atoms with Crippen molar-refractivity contribution in [3.8, 4) is 0 Å². The SMILES string of the molecule is CC(C)S(=O)(=O)N1CC(C)(C(=O)O)C1. The number of carbonyl (C=O) groups is 1. The molecule has 1 N–H and O–H groups in total. The van der Waals surface area contributed by atoms with Crippen LogP contribution in [0.25, 0.3) is 0 Å².